The second-order valence-corrected chi connectivity index (χ2v) is 5.24. The Labute approximate surface area is 93.9 Å². The summed E-state index contributed by atoms with van der Waals surface area (Å²) in [5, 5.41) is 3.31. The molecule has 0 aliphatic heterocycles. The summed E-state index contributed by atoms with van der Waals surface area (Å²) in [6.07, 6.45) is 0. The van der Waals surface area contributed by atoms with Gasteiger partial charge >= 0.3 is 0 Å². The summed E-state index contributed by atoms with van der Waals surface area (Å²) >= 11 is 0. The van der Waals surface area contributed by atoms with Gasteiger partial charge in [0.05, 0.1) is 0 Å². The molecule has 1 unspecified atom stereocenters. The third-order valence-corrected chi connectivity index (χ3v) is 3.09. The minimum absolute atomic E-state index is 0.333. The molecule has 1 heteroatoms. The first-order valence-corrected chi connectivity index (χ1v) is 5.79. The van der Waals surface area contributed by atoms with Crippen LogP contribution in [0.1, 0.15) is 46.1 Å². The van der Waals surface area contributed by atoms with E-state index in [-0.39, 0.29) is 0 Å². The summed E-state index contributed by atoms with van der Waals surface area (Å²) in [7, 11) is 0. The number of hydrogen-bond donors (Lipinski definition) is 1. The standard InChI is InChI=1S/C14H23N/c1-6-15-13-9-7-12(8-10-13)11(2)14(3,4)5/h7-11,15H,6H2,1-5H3. The zero-order valence-corrected chi connectivity index (χ0v) is 10.6. The van der Waals surface area contributed by atoms with Crippen LogP contribution in [-0.4, -0.2) is 6.54 Å². The van der Waals surface area contributed by atoms with E-state index in [4.69, 9.17) is 0 Å². The van der Waals surface area contributed by atoms with Crippen LogP contribution in [0.2, 0.25) is 0 Å². The largest absolute Gasteiger partial charge is 0.385 e. The van der Waals surface area contributed by atoms with E-state index in [0.29, 0.717) is 11.3 Å². The third kappa shape index (κ3) is 3.26. The van der Waals surface area contributed by atoms with E-state index in [1.54, 1.807) is 0 Å². The molecule has 1 aromatic carbocycles. The van der Waals surface area contributed by atoms with Crippen molar-refractivity contribution in [2.75, 3.05) is 11.9 Å². The molecule has 0 radical (unpaired) electrons. The molecule has 0 fully saturated rings. The quantitative estimate of drug-likeness (QED) is 0.777. The maximum Gasteiger partial charge on any atom is 0.0340 e. The van der Waals surface area contributed by atoms with Gasteiger partial charge in [-0.3, -0.25) is 0 Å². The number of nitrogens with one attached hydrogen (secondary N) is 1. The summed E-state index contributed by atoms with van der Waals surface area (Å²) in [4.78, 5) is 0. The van der Waals surface area contributed by atoms with Gasteiger partial charge in [0.2, 0.25) is 0 Å². The van der Waals surface area contributed by atoms with Gasteiger partial charge in [0.1, 0.15) is 0 Å². The van der Waals surface area contributed by atoms with Gasteiger partial charge in [-0.2, -0.15) is 0 Å². The summed E-state index contributed by atoms with van der Waals surface area (Å²) in [5.74, 6) is 0.591. The highest BCUT2D eigenvalue weighted by Crippen LogP contribution is 2.34. The smallest absolute Gasteiger partial charge is 0.0340 e. The minimum atomic E-state index is 0.333. The maximum absolute atomic E-state index is 3.31. The van der Waals surface area contributed by atoms with Gasteiger partial charge in [-0.1, -0.05) is 39.8 Å². The highest BCUT2D eigenvalue weighted by atomic mass is 14.8. The fourth-order valence-corrected chi connectivity index (χ4v) is 1.59. The van der Waals surface area contributed by atoms with Crippen molar-refractivity contribution in [2.45, 2.75) is 40.5 Å². The highest BCUT2D eigenvalue weighted by Gasteiger charge is 2.21. The lowest BCUT2D eigenvalue weighted by atomic mass is 9.78. The Morgan fingerprint density at radius 1 is 1.13 bits per heavy atom. The van der Waals surface area contributed by atoms with Gasteiger partial charge in [0.25, 0.3) is 0 Å². The topological polar surface area (TPSA) is 12.0 Å². The normalized spacial score (nSPS) is 13.7. The number of anilines is 1. The average Bonchev–Trinajstić information content (AvgIpc) is 2.17. The molecule has 0 saturated carbocycles. The number of rotatable bonds is 3. The van der Waals surface area contributed by atoms with Gasteiger partial charge < -0.3 is 5.32 Å². The molecule has 0 spiro atoms. The average molecular weight is 205 g/mol. The Balaban J connectivity index is 2.80. The molecule has 1 nitrogen and oxygen atoms in total. The molecule has 0 saturated heterocycles. The van der Waals surface area contributed by atoms with Crippen molar-refractivity contribution in [3.8, 4) is 0 Å². The van der Waals surface area contributed by atoms with Crippen molar-refractivity contribution in [3.05, 3.63) is 29.8 Å². The van der Waals surface area contributed by atoms with Crippen LogP contribution >= 0.6 is 0 Å². The highest BCUT2D eigenvalue weighted by molar-refractivity contribution is 5.45. The Morgan fingerprint density at radius 2 is 1.67 bits per heavy atom. The van der Waals surface area contributed by atoms with Gasteiger partial charge in [-0.15, -0.1) is 0 Å². The predicted octanol–water partition coefficient (Wildman–Crippen LogP) is 4.27. The molecule has 0 aliphatic carbocycles. The fourth-order valence-electron chi connectivity index (χ4n) is 1.59. The van der Waals surface area contributed by atoms with Crippen LogP contribution in [-0.2, 0) is 0 Å². The Morgan fingerprint density at radius 3 is 2.07 bits per heavy atom. The van der Waals surface area contributed by atoms with Crippen LogP contribution in [0.25, 0.3) is 0 Å². The van der Waals surface area contributed by atoms with Crippen LogP contribution in [0.15, 0.2) is 24.3 Å². The van der Waals surface area contributed by atoms with Crippen LogP contribution in [0.4, 0.5) is 5.69 Å². The van der Waals surface area contributed by atoms with Crippen LogP contribution in [0.3, 0.4) is 0 Å². The summed E-state index contributed by atoms with van der Waals surface area (Å²) in [5.41, 5.74) is 2.96. The molecular formula is C14H23N. The first-order valence-electron chi connectivity index (χ1n) is 5.79. The zero-order chi connectivity index (χ0) is 11.5. The number of hydrogen-bond acceptors (Lipinski definition) is 1. The van der Waals surface area contributed by atoms with Crippen molar-refractivity contribution in [3.63, 3.8) is 0 Å². The molecule has 84 valence electrons. The van der Waals surface area contributed by atoms with Crippen LogP contribution in [0, 0.1) is 5.41 Å². The molecule has 0 aromatic heterocycles. The molecule has 1 N–H and O–H groups in total. The van der Waals surface area contributed by atoms with Gasteiger partial charge in [0.15, 0.2) is 0 Å². The van der Waals surface area contributed by atoms with Crippen molar-refractivity contribution in [1.29, 1.82) is 0 Å². The van der Waals surface area contributed by atoms with E-state index in [9.17, 15) is 0 Å². The second kappa shape index (κ2) is 4.69. The minimum Gasteiger partial charge on any atom is -0.385 e. The summed E-state index contributed by atoms with van der Waals surface area (Å²) in [6, 6.07) is 8.80. The van der Waals surface area contributed by atoms with Gasteiger partial charge in [-0.25, -0.2) is 0 Å². The Kier molecular flexibility index (Phi) is 3.78. The predicted molar refractivity (Wildman–Crippen MR) is 68.5 cm³/mol. The molecule has 0 aliphatic rings. The van der Waals surface area contributed by atoms with Crippen molar-refractivity contribution < 1.29 is 0 Å². The molecule has 0 amide bonds. The lowest BCUT2D eigenvalue weighted by Gasteiger charge is -2.27. The van der Waals surface area contributed by atoms with Crippen molar-refractivity contribution in [1.82, 2.24) is 0 Å². The molecule has 1 atom stereocenters. The molecule has 1 aromatic rings. The fraction of sp³-hybridized carbons (Fsp3) is 0.571. The monoisotopic (exact) mass is 205 g/mol. The van der Waals surface area contributed by atoms with E-state index in [1.165, 1.54) is 11.3 Å². The molecule has 0 bridgehead atoms. The third-order valence-electron chi connectivity index (χ3n) is 3.09. The van der Waals surface area contributed by atoms with E-state index in [0.717, 1.165) is 6.54 Å². The van der Waals surface area contributed by atoms with Crippen LogP contribution < -0.4 is 5.32 Å². The lowest BCUT2D eigenvalue weighted by molar-refractivity contribution is 0.339. The van der Waals surface area contributed by atoms with Gasteiger partial charge in [0, 0.05) is 12.2 Å². The Hall–Kier alpha value is -0.980. The van der Waals surface area contributed by atoms with E-state index >= 15 is 0 Å². The van der Waals surface area contributed by atoms with Crippen molar-refractivity contribution in [2.24, 2.45) is 5.41 Å². The molecular weight excluding hydrogens is 182 g/mol. The lowest BCUT2D eigenvalue weighted by Crippen LogP contribution is -2.15. The summed E-state index contributed by atoms with van der Waals surface area (Å²) in [6.45, 7) is 12.3. The van der Waals surface area contributed by atoms with E-state index in [1.807, 2.05) is 0 Å². The SMILES string of the molecule is CCNc1ccc(C(C)C(C)(C)C)cc1. The summed E-state index contributed by atoms with van der Waals surface area (Å²) < 4.78 is 0. The zero-order valence-electron chi connectivity index (χ0n) is 10.6. The first-order chi connectivity index (χ1) is 6.95. The van der Waals surface area contributed by atoms with E-state index in [2.05, 4.69) is 64.2 Å². The molecule has 0 heterocycles. The molecule has 1 rings (SSSR count). The second-order valence-electron chi connectivity index (χ2n) is 5.24. The molecule has 15 heavy (non-hydrogen) atoms. The van der Waals surface area contributed by atoms with Crippen LogP contribution in [0.5, 0.6) is 0 Å². The Bertz CT molecular complexity index is 292. The number of benzene rings is 1. The van der Waals surface area contributed by atoms with E-state index < -0.39 is 0 Å². The van der Waals surface area contributed by atoms with Gasteiger partial charge in [-0.05, 0) is 36.0 Å². The van der Waals surface area contributed by atoms with Crippen molar-refractivity contribution >= 4 is 5.69 Å². The first kappa shape index (κ1) is 12.1. The maximum atomic E-state index is 3.31.